The molecule has 78 valence electrons. The van der Waals surface area contributed by atoms with Crippen LogP contribution in [-0.4, -0.2) is 6.54 Å². The molecule has 0 bridgehead atoms. The summed E-state index contributed by atoms with van der Waals surface area (Å²) >= 11 is 2.87. The second-order valence-corrected chi connectivity index (χ2v) is 3.70. The summed E-state index contributed by atoms with van der Waals surface area (Å²) in [6.07, 6.45) is -3.86. The minimum Gasteiger partial charge on any atom is -0.330 e. The van der Waals surface area contributed by atoms with E-state index in [4.69, 9.17) is 5.73 Å². The molecule has 5 heteroatoms. The van der Waals surface area contributed by atoms with Crippen molar-refractivity contribution in [2.45, 2.75) is 12.6 Å². The lowest BCUT2D eigenvalue weighted by molar-refractivity contribution is -0.138. The highest BCUT2D eigenvalue weighted by Crippen LogP contribution is 2.35. The smallest absolute Gasteiger partial charge is 0.330 e. The number of rotatable bonds is 2. The van der Waals surface area contributed by atoms with Gasteiger partial charge in [0.25, 0.3) is 0 Å². The average Bonchev–Trinajstić information content (AvgIpc) is 2.07. The molecule has 2 N–H and O–H groups in total. The van der Waals surface area contributed by atoms with Crippen LogP contribution in [0, 0.1) is 0 Å². The van der Waals surface area contributed by atoms with Crippen molar-refractivity contribution in [3.8, 4) is 0 Å². The zero-order valence-electron chi connectivity index (χ0n) is 7.24. The molecule has 0 aliphatic rings. The van der Waals surface area contributed by atoms with E-state index in [2.05, 4.69) is 15.9 Å². The minimum atomic E-state index is -4.32. The monoisotopic (exact) mass is 267 g/mol. The number of nitrogens with two attached hydrogens (primary N) is 1. The van der Waals surface area contributed by atoms with Crippen molar-refractivity contribution in [2.24, 2.45) is 5.73 Å². The summed E-state index contributed by atoms with van der Waals surface area (Å²) in [5, 5.41) is 0. The van der Waals surface area contributed by atoms with Gasteiger partial charge < -0.3 is 5.73 Å². The molecule has 1 rings (SSSR count). The molecule has 0 radical (unpaired) electrons. The molecule has 1 aromatic rings. The van der Waals surface area contributed by atoms with E-state index < -0.39 is 11.7 Å². The third kappa shape index (κ3) is 2.72. The number of benzene rings is 1. The van der Waals surface area contributed by atoms with Gasteiger partial charge in [0, 0.05) is 4.47 Å². The Bertz CT molecular complexity index is 322. The van der Waals surface area contributed by atoms with Gasteiger partial charge in [0.2, 0.25) is 0 Å². The Morgan fingerprint density at radius 2 is 1.93 bits per heavy atom. The molecule has 0 amide bonds. The van der Waals surface area contributed by atoms with Gasteiger partial charge in [0.1, 0.15) is 0 Å². The van der Waals surface area contributed by atoms with Crippen molar-refractivity contribution in [1.82, 2.24) is 0 Å². The predicted molar refractivity (Wildman–Crippen MR) is 51.9 cm³/mol. The van der Waals surface area contributed by atoms with Crippen LogP contribution < -0.4 is 5.73 Å². The third-order valence-electron chi connectivity index (χ3n) is 1.77. The summed E-state index contributed by atoms with van der Waals surface area (Å²) in [7, 11) is 0. The zero-order chi connectivity index (χ0) is 10.8. The minimum absolute atomic E-state index is 0.0609. The second-order valence-electron chi connectivity index (χ2n) is 2.85. The normalized spacial score (nSPS) is 11.8. The highest BCUT2D eigenvalue weighted by atomic mass is 79.9. The van der Waals surface area contributed by atoms with Gasteiger partial charge in [0.05, 0.1) is 5.56 Å². The molecule has 0 spiro atoms. The standard InChI is InChI=1S/C9H9BrF3N/c10-8-2-1-6(3-4-14)5-7(8)9(11,12)13/h1-2,5H,3-4,14H2. The molecular formula is C9H9BrF3N. The molecule has 0 saturated heterocycles. The molecule has 1 aromatic carbocycles. The number of alkyl halides is 3. The summed E-state index contributed by atoms with van der Waals surface area (Å²) in [5.41, 5.74) is 5.22. The molecule has 0 aliphatic heterocycles. The first-order chi connectivity index (χ1) is 6.45. The van der Waals surface area contributed by atoms with E-state index in [1.165, 1.54) is 6.07 Å². The topological polar surface area (TPSA) is 26.0 Å². The van der Waals surface area contributed by atoms with Gasteiger partial charge in [-0.05, 0) is 30.7 Å². The average molecular weight is 268 g/mol. The van der Waals surface area contributed by atoms with Crippen LogP contribution in [-0.2, 0) is 12.6 Å². The van der Waals surface area contributed by atoms with E-state index in [0.29, 0.717) is 18.5 Å². The van der Waals surface area contributed by atoms with Crippen LogP contribution in [0.4, 0.5) is 13.2 Å². The summed E-state index contributed by atoms with van der Waals surface area (Å²) in [6.45, 7) is 0.346. The SMILES string of the molecule is NCCc1ccc(Br)c(C(F)(F)F)c1. The van der Waals surface area contributed by atoms with Gasteiger partial charge >= 0.3 is 6.18 Å². The zero-order valence-corrected chi connectivity index (χ0v) is 8.82. The van der Waals surface area contributed by atoms with Crippen LogP contribution in [0.1, 0.15) is 11.1 Å². The Morgan fingerprint density at radius 3 is 2.43 bits per heavy atom. The third-order valence-corrected chi connectivity index (χ3v) is 2.46. The molecule has 0 atom stereocenters. The van der Waals surface area contributed by atoms with E-state index in [1.807, 2.05) is 0 Å². The Kier molecular flexibility index (Phi) is 3.55. The first kappa shape index (κ1) is 11.5. The molecule has 0 heterocycles. The number of halogens is 4. The quantitative estimate of drug-likeness (QED) is 0.876. The van der Waals surface area contributed by atoms with Crippen LogP contribution in [0.5, 0.6) is 0 Å². The Balaban J connectivity index is 3.09. The van der Waals surface area contributed by atoms with Crippen molar-refractivity contribution in [3.05, 3.63) is 33.8 Å². The Morgan fingerprint density at radius 1 is 1.29 bits per heavy atom. The van der Waals surface area contributed by atoms with Crippen LogP contribution >= 0.6 is 15.9 Å². The molecule has 1 nitrogen and oxygen atoms in total. The van der Waals surface area contributed by atoms with Crippen molar-refractivity contribution in [2.75, 3.05) is 6.54 Å². The van der Waals surface area contributed by atoms with Crippen molar-refractivity contribution < 1.29 is 13.2 Å². The van der Waals surface area contributed by atoms with Crippen molar-refractivity contribution in [3.63, 3.8) is 0 Å². The van der Waals surface area contributed by atoms with Gasteiger partial charge in [-0.15, -0.1) is 0 Å². The van der Waals surface area contributed by atoms with E-state index >= 15 is 0 Å². The van der Waals surface area contributed by atoms with E-state index in [0.717, 1.165) is 6.07 Å². The van der Waals surface area contributed by atoms with E-state index in [1.54, 1.807) is 6.07 Å². The fraction of sp³-hybridized carbons (Fsp3) is 0.333. The van der Waals surface area contributed by atoms with Crippen molar-refractivity contribution in [1.29, 1.82) is 0 Å². The molecule has 0 fully saturated rings. The fourth-order valence-corrected chi connectivity index (χ4v) is 1.58. The van der Waals surface area contributed by atoms with Gasteiger partial charge in [-0.1, -0.05) is 22.0 Å². The lowest BCUT2D eigenvalue weighted by Gasteiger charge is -2.10. The summed E-state index contributed by atoms with van der Waals surface area (Å²) < 4.78 is 37.3. The maximum Gasteiger partial charge on any atom is 0.417 e. The molecule has 0 saturated carbocycles. The highest BCUT2D eigenvalue weighted by Gasteiger charge is 2.32. The Labute approximate surface area is 88.2 Å². The summed E-state index contributed by atoms with van der Waals surface area (Å²) in [5.74, 6) is 0. The van der Waals surface area contributed by atoms with Crippen LogP contribution in [0.15, 0.2) is 22.7 Å². The summed E-state index contributed by atoms with van der Waals surface area (Å²) in [4.78, 5) is 0. The molecule has 0 aliphatic carbocycles. The van der Waals surface area contributed by atoms with Crippen LogP contribution in [0.25, 0.3) is 0 Å². The maximum absolute atomic E-state index is 12.4. The predicted octanol–water partition coefficient (Wildman–Crippen LogP) is 2.97. The number of hydrogen-bond acceptors (Lipinski definition) is 1. The summed E-state index contributed by atoms with van der Waals surface area (Å²) in [6, 6.07) is 4.15. The fourth-order valence-electron chi connectivity index (χ4n) is 1.11. The maximum atomic E-state index is 12.4. The largest absolute Gasteiger partial charge is 0.417 e. The second kappa shape index (κ2) is 4.31. The molecular weight excluding hydrogens is 259 g/mol. The lowest BCUT2D eigenvalue weighted by atomic mass is 10.1. The first-order valence-corrected chi connectivity index (χ1v) is 4.80. The molecule has 0 aromatic heterocycles. The van der Waals surface area contributed by atoms with Crippen LogP contribution in [0.3, 0.4) is 0 Å². The lowest BCUT2D eigenvalue weighted by Crippen LogP contribution is -2.08. The van der Waals surface area contributed by atoms with Gasteiger partial charge in [0.15, 0.2) is 0 Å². The molecule has 0 unspecified atom stereocenters. The Hall–Kier alpha value is -0.550. The number of hydrogen-bond donors (Lipinski definition) is 1. The van der Waals surface area contributed by atoms with E-state index in [-0.39, 0.29) is 4.47 Å². The highest BCUT2D eigenvalue weighted by molar-refractivity contribution is 9.10. The van der Waals surface area contributed by atoms with E-state index in [9.17, 15) is 13.2 Å². The van der Waals surface area contributed by atoms with Gasteiger partial charge in [-0.25, -0.2) is 0 Å². The van der Waals surface area contributed by atoms with Gasteiger partial charge in [-0.3, -0.25) is 0 Å². The van der Waals surface area contributed by atoms with Crippen molar-refractivity contribution >= 4 is 15.9 Å². The van der Waals surface area contributed by atoms with Crippen LogP contribution in [0.2, 0.25) is 0 Å². The molecule has 14 heavy (non-hydrogen) atoms. The van der Waals surface area contributed by atoms with Gasteiger partial charge in [-0.2, -0.15) is 13.2 Å². The first-order valence-electron chi connectivity index (χ1n) is 4.01.